The van der Waals surface area contributed by atoms with E-state index in [1.807, 2.05) is 0 Å². The number of thiazole rings is 1. The van der Waals surface area contributed by atoms with Crippen LogP contribution < -0.4 is 20.9 Å². The van der Waals surface area contributed by atoms with Gasteiger partial charge in [-0.15, -0.1) is 11.3 Å². The van der Waals surface area contributed by atoms with E-state index in [4.69, 9.17) is 4.74 Å². The molecule has 0 aliphatic carbocycles. The molecule has 4 amide bonds. The molecule has 3 rings (SSSR count). The number of benzene rings is 1. The number of hydrogen-bond donors (Lipinski definition) is 3. The molecule has 1 saturated heterocycles. The van der Waals surface area contributed by atoms with Gasteiger partial charge in [0.1, 0.15) is 11.4 Å². The van der Waals surface area contributed by atoms with Crippen LogP contribution in [0.25, 0.3) is 0 Å². The third-order valence-corrected chi connectivity index (χ3v) is 4.77. The Kier molecular flexibility index (Phi) is 6.20. The lowest BCUT2D eigenvalue weighted by Crippen LogP contribution is -2.28. The molecular weight excluding hydrogens is 413 g/mol. The van der Waals surface area contributed by atoms with Crippen molar-refractivity contribution in [2.45, 2.75) is 32.8 Å². The third kappa shape index (κ3) is 5.66. The molecule has 1 fully saturated rings. The van der Waals surface area contributed by atoms with Gasteiger partial charge in [-0.25, -0.2) is 19.0 Å². The molecule has 3 N–H and O–H groups in total. The molecule has 2 aromatic rings. The minimum absolute atomic E-state index is 0.0750. The second-order valence-corrected chi connectivity index (χ2v) is 8.38. The minimum atomic E-state index is -0.724. The minimum Gasteiger partial charge on any atom is -0.444 e. The van der Waals surface area contributed by atoms with Gasteiger partial charge in [-0.2, -0.15) is 0 Å². The van der Waals surface area contributed by atoms with E-state index in [9.17, 15) is 18.8 Å². The van der Waals surface area contributed by atoms with Crippen molar-refractivity contribution in [3.63, 3.8) is 0 Å². The molecule has 0 saturated carbocycles. The van der Waals surface area contributed by atoms with Crippen LogP contribution in [0.15, 0.2) is 23.6 Å². The van der Waals surface area contributed by atoms with Gasteiger partial charge in [-0.1, -0.05) is 0 Å². The second-order valence-electron chi connectivity index (χ2n) is 7.55. The Morgan fingerprint density at radius 1 is 1.30 bits per heavy atom. The Balaban J connectivity index is 1.66. The highest BCUT2D eigenvalue weighted by atomic mass is 32.1. The fraction of sp³-hybridized carbons (Fsp3) is 0.368. The molecule has 0 spiro atoms. The fourth-order valence-corrected chi connectivity index (χ4v) is 3.51. The Hall–Kier alpha value is -3.21. The molecule has 1 aliphatic rings. The van der Waals surface area contributed by atoms with Gasteiger partial charge < -0.3 is 15.4 Å². The van der Waals surface area contributed by atoms with E-state index in [0.717, 1.165) is 12.1 Å². The maximum absolute atomic E-state index is 13.7. The molecule has 160 valence electrons. The molecule has 0 bridgehead atoms. The quantitative estimate of drug-likeness (QED) is 0.667. The van der Waals surface area contributed by atoms with Gasteiger partial charge in [0.2, 0.25) is 5.91 Å². The topological polar surface area (TPSA) is 113 Å². The smallest absolute Gasteiger partial charge is 0.412 e. The summed E-state index contributed by atoms with van der Waals surface area (Å²) in [5.41, 5.74) is 0.0689. The number of hydrogen-bond acceptors (Lipinski definition) is 6. The summed E-state index contributed by atoms with van der Waals surface area (Å²) in [5, 5.41) is 9.96. The predicted octanol–water partition coefficient (Wildman–Crippen LogP) is 3.34. The van der Waals surface area contributed by atoms with Crippen LogP contribution >= 0.6 is 11.3 Å². The van der Waals surface area contributed by atoms with Gasteiger partial charge in [-0.05, 0) is 39.0 Å². The lowest BCUT2D eigenvalue weighted by Gasteiger charge is -2.20. The molecule has 1 aromatic carbocycles. The van der Waals surface area contributed by atoms with Crippen molar-refractivity contribution < 1.29 is 23.5 Å². The first kappa shape index (κ1) is 21.5. The Morgan fingerprint density at radius 2 is 2.07 bits per heavy atom. The summed E-state index contributed by atoms with van der Waals surface area (Å²) in [6.45, 7) is 6.21. The van der Waals surface area contributed by atoms with Crippen molar-refractivity contribution in [3.8, 4) is 0 Å². The number of urea groups is 1. The number of nitrogens with zero attached hydrogens (tertiary/aromatic N) is 2. The van der Waals surface area contributed by atoms with Crippen molar-refractivity contribution in [2.24, 2.45) is 0 Å². The average molecular weight is 435 g/mol. The number of ether oxygens (including phenoxy) is 1. The summed E-state index contributed by atoms with van der Waals surface area (Å²) in [5.74, 6) is -1.02. The summed E-state index contributed by atoms with van der Waals surface area (Å²) >= 11 is 1.26. The highest BCUT2D eigenvalue weighted by Crippen LogP contribution is 2.25. The van der Waals surface area contributed by atoms with Gasteiger partial charge in [-0.3, -0.25) is 15.0 Å². The monoisotopic (exact) mass is 435 g/mol. The molecule has 1 aliphatic heterocycles. The number of carbonyl (C=O) groups excluding carboxylic acids is 3. The van der Waals surface area contributed by atoms with E-state index in [0.29, 0.717) is 23.9 Å². The summed E-state index contributed by atoms with van der Waals surface area (Å²) in [6, 6.07) is 3.38. The number of nitrogens with one attached hydrogen (secondary N) is 3. The number of halogens is 1. The van der Waals surface area contributed by atoms with Crippen molar-refractivity contribution >= 4 is 45.9 Å². The van der Waals surface area contributed by atoms with Gasteiger partial charge in [0, 0.05) is 18.5 Å². The Morgan fingerprint density at radius 3 is 2.73 bits per heavy atom. The zero-order valence-electron chi connectivity index (χ0n) is 16.7. The van der Waals surface area contributed by atoms with Crippen molar-refractivity contribution in [1.82, 2.24) is 10.3 Å². The van der Waals surface area contributed by atoms with Crippen molar-refractivity contribution in [1.29, 1.82) is 0 Å². The second kappa shape index (κ2) is 8.66. The zero-order valence-corrected chi connectivity index (χ0v) is 17.6. The summed E-state index contributed by atoms with van der Waals surface area (Å²) in [7, 11) is 0. The van der Waals surface area contributed by atoms with E-state index < -0.39 is 23.4 Å². The SMILES string of the molecule is CC(C)(C)OC(=O)Nc1ccc(F)cc1NC(=O)Cc1csc(N2CCNC2=O)n1. The van der Waals surface area contributed by atoms with E-state index in [1.54, 1.807) is 26.2 Å². The first-order valence-corrected chi connectivity index (χ1v) is 10.1. The van der Waals surface area contributed by atoms with Gasteiger partial charge in [0.25, 0.3) is 0 Å². The first-order chi connectivity index (χ1) is 14.1. The van der Waals surface area contributed by atoms with Crippen LogP contribution in [-0.4, -0.2) is 41.7 Å². The zero-order chi connectivity index (χ0) is 21.9. The Bertz CT molecular complexity index is 972. The molecule has 0 radical (unpaired) electrons. The maximum atomic E-state index is 13.7. The lowest BCUT2D eigenvalue weighted by molar-refractivity contribution is -0.115. The molecule has 0 unspecified atom stereocenters. The van der Waals surface area contributed by atoms with Crippen LogP contribution in [0.5, 0.6) is 0 Å². The number of anilines is 3. The van der Waals surface area contributed by atoms with E-state index in [1.165, 1.54) is 22.3 Å². The summed E-state index contributed by atoms with van der Waals surface area (Å²) < 4.78 is 18.9. The number of amides is 4. The maximum Gasteiger partial charge on any atom is 0.412 e. The summed E-state index contributed by atoms with van der Waals surface area (Å²) in [4.78, 5) is 42.0. The molecule has 0 atom stereocenters. The third-order valence-electron chi connectivity index (χ3n) is 3.86. The number of carbonyl (C=O) groups is 3. The number of rotatable bonds is 5. The van der Waals surface area contributed by atoms with Gasteiger partial charge >= 0.3 is 12.1 Å². The van der Waals surface area contributed by atoms with Gasteiger partial charge in [0.05, 0.1) is 23.5 Å². The molecular formula is C19H22FN5O4S. The molecule has 9 nitrogen and oxygen atoms in total. The summed E-state index contributed by atoms with van der Waals surface area (Å²) in [6.07, 6.45) is -0.799. The van der Waals surface area contributed by atoms with Crippen molar-refractivity contribution in [2.75, 3.05) is 28.6 Å². The molecule has 2 heterocycles. The van der Waals surface area contributed by atoms with Gasteiger partial charge in [0.15, 0.2) is 5.13 Å². The Labute approximate surface area is 176 Å². The molecule has 11 heteroatoms. The standard InChI is InChI=1S/C19H22FN5O4S/c1-19(2,3)29-18(28)24-13-5-4-11(20)8-14(13)23-15(26)9-12-10-30-17(22-12)25-7-6-21-16(25)27/h4-5,8,10H,6-7,9H2,1-3H3,(H,21,27)(H,23,26)(H,24,28). The molecule has 1 aromatic heterocycles. The lowest BCUT2D eigenvalue weighted by atomic mass is 10.2. The van der Waals surface area contributed by atoms with Crippen molar-refractivity contribution in [3.05, 3.63) is 35.1 Å². The van der Waals surface area contributed by atoms with E-state index >= 15 is 0 Å². The molecule has 30 heavy (non-hydrogen) atoms. The van der Waals surface area contributed by atoms with Crippen LogP contribution in [-0.2, 0) is 16.0 Å². The highest BCUT2D eigenvalue weighted by molar-refractivity contribution is 7.14. The van der Waals surface area contributed by atoms with E-state index in [2.05, 4.69) is 20.9 Å². The van der Waals surface area contributed by atoms with Crippen LogP contribution in [0.4, 0.5) is 30.5 Å². The number of aromatic nitrogens is 1. The van der Waals surface area contributed by atoms with Crippen LogP contribution in [0, 0.1) is 5.82 Å². The van der Waals surface area contributed by atoms with Crippen LogP contribution in [0.1, 0.15) is 26.5 Å². The largest absolute Gasteiger partial charge is 0.444 e. The average Bonchev–Trinajstić information content (AvgIpc) is 3.24. The highest BCUT2D eigenvalue weighted by Gasteiger charge is 2.24. The normalized spacial score (nSPS) is 13.7. The van der Waals surface area contributed by atoms with E-state index in [-0.39, 0.29) is 23.8 Å². The fourth-order valence-electron chi connectivity index (χ4n) is 2.66. The van der Waals surface area contributed by atoms with Crippen LogP contribution in [0.2, 0.25) is 0 Å². The van der Waals surface area contributed by atoms with Crippen LogP contribution in [0.3, 0.4) is 0 Å². The first-order valence-electron chi connectivity index (χ1n) is 9.20. The predicted molar refractivity (Wildman–Crippen MR) is 111 cm³/mol.